The minimum atomic E-state index is -0.188. The van der Waals surface area contributed by atoms with Crippen LogP contribution in [0.5, 0.6) is 0 Å². The molecular weight excluding hydrogens is 244 g/mol. The fourth-order valence-corrected chi connectivity index (χ4v) is 1.60. The summed E-state index contributed by atoms with van der Waals surface area (Å²) >= 11 is 0. The molecule has 0 fully saturated rings. The normalized spacial score (nSPS) is 10.2. The van der Waals surface area contributed by atoms with E-state index in [4.69, 9.17) is 0 Å². The Balaban J connectivity index is 2.02. The van der Waals surface area contributed by atoms with Crippen molar-refractivity contribution in [2.75, 3.05) is 18.9 Å². The van der Waals surface area contributed by atoms with Gasteiger partial charge in [0.05, 0.1) is 6.54 Å². The number of imidazole rings is 1. The van der Waals surface area contributed by atoms with Crippen LogP contribution >= 0.6 is 0 Å². The second kappa shape index (κ2) is 5.94. The molecule has 2 aromatic heterocycles. The van der Waals surface area contributed by atoms with E-state index in [2.05, 4.69) is 25.5 Å². The topological polar surface area (TPSA) is 86.8 Å². The molecule has 1 amide bonds. The van der Waals surface area contributed by atoms with Gasteiger partial charge in [-0.25, -0.2) is 4.98 Å². The minimum absolute atomic E-state index is 0.188. The van der Waals surface area contributed by atoms with Crippen LogP contribution in [0.4, 0.5) is 5.82 Å². The van der Waals surface area contributed by atoms with Gasteiger partial charge in [-0.05, 0) is 19.1 Å². The van der Waals surface area contributed by atoms with Gasteiger partial charge in [0.2, 0.25) is 0 Å². The zero-order valence-corrected chi connectivity index (χ0v) is 10.9. The Hall–Kier alpha value is -2.44. The number of hydrogen-bond acceptors (Lipinski definition) is 5. The molecule has 0 atom stereocenters. The van der Waals surface area contributed by atoms with Gasteiger partial charge in [-0.1, -0.05) is 0 Å². The van der Waals surface area contributed by atoms with Crippen LogP contribution in [0.3, 0.4) is 0 Å². The van der Waals surface area contributed by atoms with Crippen LogP contribution in [0.25, 0.3) is 0 Å². The van der Waals surface area contributed by atoms with Gasteiger partial charge in [-0.15, -0.1) is 10.2 Å². The zero-order valence-electron chi connectivity index (χ0n) is 10.9. The van der Waals surface area contributed by atoms with Crippen LogP contribution in [0.2, 0.25) is 0 Å². The van der Waals surface area contributed by atoms with Crippen LogP contribution in [-0.4, -0.2) is 44.6 Å². The number of hydrogen-bond donors (Lipinski definition) is 2. The summed E-state index contributed by atoms with van der Waals surface area (Å²) in [4.78, 5) is 20.7. The molecule has 0 aliphatic heterocycles. The van der Waals surface area contributed by atoms with E-state index in [9.17, 15) is 4.79 Å². The predicted molar refractivity (Wildman–Crippen MR) is 70.6 cm³/mol. The minimum Gasteiger partial charge on any atom is -0.369 e. The van der Waals surface area contributed by atoms with E-state index in [1.165, 1.54) is 4.90 Å². The van der Waals surface area contributed by atoms with Gasteiger partial charge in [0, 0.05) is 26.0 Å². The summed E-state index contributed by atoms with van der Waals surface area (Å²) < 4.78 is 0. The molecule has 0 unspecified atom stereocenters. The molecule has 2 heterocycles. The number of aromatic amines is 1. The Labute approximate surface area is 111 Å². The molecule has 0 aromatic carbocycles. The van der Waals surface area contributed by atoms with E-state index >= 15 is 0 Å². The van der Waals surface area contributed by atoms with E-state index in [1.54, 1.807) is 31.6 Å². The number of aromatic nitrogens is 4. The fraction of sp³-hybridized carbons (Fsp3) is 0.333. The third-order valence-electron chi connectivity index (χ3n) is 2.53. The summed E-state index contributed by atoms with van der Waals surface area (Å²) in [5, 5.41) is 10.9. The van der Waals surface area contributed by atoms with Gasteiger partial charge in [-0.3, -0.25) is 4.79 Å². The number of nitrogens with zero attached hydrogens (tertiary/aromatic N) is 4. The Morgan fingerprint density at radius 2 is 2.26 bits per heavy atom. The molecule has 19 heavy (non-hydrogen) atoms. The van der Waals surface area contributed by atoms with E-state index in [0.717, 1.165) is 12.4 Å². The van der Waals surface area contributed by atoms with Gasteiger partial charge in [0.1, 0.15) is 11.6 Å². The quantitative estimate of drug-likeness (QED) is 0.834. The number of carbonyl (C=O) groups is 1. The highest BCUT2D eigenvalue weighted by Crippen LogP contribution is 2.05. The number of carbonyl (C=O) groups excluding carboxylic acids is 1. The highest BCUT2D eigenvalue weighted by Gasteiger charge is 2.14. The molecule has 7 heteroatoms. The summed E-state index contributed by atoms with van der Waals surface area (Å²) in [5.74, 6) is 1.20. The van der Waals surface area contributed by atoms with E-state index in [1.807, 2.05) is 6.92 Å². The van der Waals surface area contributed by atoms with Crippen molar-refractivity contribution in [3.05, 3.63) is 36.0 Å². The summed E-state index contributed by atoms with van der Waals surface area (Å²) in [5.41, 5.74) is 0.315. The average Bonchev–Trinajstić information content (AvgIpc) is 2.92. The van der Waals surface area contributed by atoms with Gasteiger partial charge in [-0.2, -0.15) is 0 Å². The van der Waals surface area contributed by atoms with Crippen LogP contribution < -0.4 is 5.32 Å². The second-order valence-corrected chi connectivity index (χ2v) is 4.03. The van der Waals surface area contributed by atoms with Gasteiger partial charge < -0.3 is 15.2 Å². The van der Waals surface area contributed by atoms with Crippen LogP contribution in [0.1, 0.15) is 23.2 Å². The molecule has 7 nitrogen and oxygen atoms in total. The summed E-state index contributed by atoms with van der Waals surface area (Å²) in [7, 11) is 1.70. The standard InChI is InChI=1S/C12H16N6O/c1-3-13-10-5-4-9(16-17-10)12(19)18(2)8-11-14-6-7-15-11/h4-7H,3,8H2,1-2H3,(H,13,17)(H,14,15). The van der Waals surface area contributed by atoms with Crippen molar-refractivity contribution >= 4 is 11.7 Å². The molecule has 0 aliphatic rings. The Kier molecular flexibility index (Phi) is 4.07. The van der Waals surface area contributed by atoms with Crippen molar-refractivity contribution in [1.82, 2.24) is 25.1 Å². The molecule has 0 spiro atoms. The average molecular weight is 260 g/mol. The summed E-state index contributed by atoms with van der Waals surface area (Å²) in [6.45, 7) is 3.14. The molecule has 0 saturated carbocycles. The molecule has 2 N–H and O–H groups in total. The molecule has 2 rings (SSSR count). The van der Waals surface area contributed by atoms with Crippen molar-refractivity contribution in [2.45, 2.75) is 13.5 Å². The number of rotatable bonds is 5. The lowest BCUT2D eigenvalue weighted by atomic mass is 10.3. The molecule has 0 aliphatic carbocycles. The van der Waals surface area contributed by atoms with Crippen molar-refractivity contribution in [1.29, 1.82) is 0 Å². The van der Waals surface area contributed by atoms with Gasteiger partial charge in [0.25, 0.3) is 5.91 Å². The second-order valence-electron chi connectivity index (χ2n) is 4.03. The van der Waals surface area contributed by atoms with E-state index < -0.39 is 0 Å². The maximum atomic E-state index is 12.1. The lowest BCUT2D eigenvalue weighted by molar-refractivity contribution is 0.0775. The van der Waals surface area contributed by atoms with Crippen LogP contribution in [0, 0.1) is 0 Å². The first kappa shape index (κ1) is 13.0. The monoisotopic (exact) mass is 260 g/mol. The smallest absolute Gasteiger partial charge is 0.274 e. The fourth-order valence-electron chi connectivity index (χ4n) is 1.60. The van der Waals surface area contributed by atoms with Crippen LogP contribution in [-0.2, 0) is 6.54 Å². The maximum Gasteiger partial charge on any atom is 0.274 e. The van der Waals surface area contributed by atoms with Crippen molar-refractivity contribution < 1.29 is 4.79 Å². The lowest BCUT2D eigenvalue weighted by Crippen LogP contribution is -2.27. The highest BCUT2D eigenvalue weighted by atomic mass is 16.2. The Morgan fingerprint density at radius 3 is 2.84 bits per heavy atom. The van der Waals surface area contributed by atoms with E-state index in [-0.39, 0.29) is 5.91 Å². The van der Waals surface area contributed by atoms with E-state index in [0.29, 0.717) is 18.1 Å². The third kappa shape index (κ3) is 3.27. The molecular formula is C12H16N6O. The predicted octanol–water partition coefficient (Wildman–Crippen LogP) is 0.904. The first-order chi connectivity index (χ1) is 9.20. The van der Waals surface area contributed by atoms with Crippen molar-refractivity contribution in [3.63, 3.8) is 0 Å². The first-order valence-electron chi connectivity index (χ1n) is 6.02. The summed E-state index contributed by atoms with van der Waals surface area (Å²) in [6.07, 6.45) is 3.37. The number of H-pyrrole nitrogens is 1. The Bertz CT molecular complexity index is 522. The molecule has 2 aromatic rings. The highest BCUT2D eigenvalue weighted by molar-refractivity contribution is 5.91. The van der Waals surface area contributed by atoms with Gasteiger partial charge in [0.15, 0.2) is 5.69 Å². The molecule has 100 valence electrons. The SMILES string of the molecule is CCNc1ccc(C(=O)N(C)Cc2ncc[nH]2)nn1. The third-order valence-corrected chi connectivity index (χ3v) is 2.53. The summed E-state index contributed by atoms with van der Waals surface area (Å²) in [6, 6.07) is 3.40. The molecule has 0 radical (unpaired) electrons. The number of anilines is 1. The van der Waals surface area contributed by atoms with Crippen LogP contribution in [0.15, 0.2) is 24.5 Å². The largest absolute Gasteiger partial charge is 0.369 e. The zero-order chi connectivity index (χ0) is 13.7. The van der Waals surface area contributed by atoms with Crippen molar-refractivity contribution in [3.8, 4) is 0 Å². The lowest BCUT2D eigenvalue weighted by Gasteiger charge is -2.14. The Morgan fingerprint density at radius 1 is 1.42 bits per heavy atom. The number of amides is 1. The van der Waals surface area contributed by atoms with Gasteiger partial charge >= 0.3 is 0 Å². The molecule has 0 bridgehead atoms. The number of nitrogens with one attached hydrogen (secondary N) is 2. The maximum absolute atomic E-state index is 12.1. The first-order valence-corrected chi connectivity index (χ1v) is 6.02. The van der Waals surface area contributed by atoms with Crippen molar-refractivity contribution in [2.24, 2.45) is 0 Å². The molecule has 0 saturated heterocycles.